The summed E-state index contributed by atoms with van der Waals surface area (Å²) in [5, 5.41) is 6.75. The van der Waals surface area contributed by atoms with Crippen molar-refractivity contribution in [2.75, 3.05) is 73.7 Å². The SMILES string of the molecule is CCNC(=NCc1cc(OC)c(OC)c(OC)c1)NCCN1CCN(CC)CC1. The van der Waals surface area contributed by atoms with E-state index in [-0.39, 0.29) is 0 Å². The lowest BCUT2D eigenvalue weighted by Crippen LogP contribution is -2.49. The molecule has 8 nitrogen and oxygen atoms in total. The molecule has 0 aromatic heterocycles. The molecule has 0 bridgehead atoms. The average Bonchev–Trinajstić information content (AvgIpc) is 2.77. The van der Waals surface area contributed by atoms with Gasteiger partial charge in [-0.25, -0.2) is 4.99 Å². The van der Waals surface area contributed by atoms with Crippen molar-refractivity contribution in [3.05, 3.63) is 17.7 Å². The first-order chi connectivity index (χ1) is 14.1. The molecule has 1 heterocycles. The van der Waals surface area contributed by atoms with Crippen molar-refractivity contribution >= 4 is 5.96 Å². The molecule has 2 rings (SSSR count). The Balaban J connectivity index is 1.93. The highest BCUT2D eigenvalue weighted by molar-refractivity contribution is 5.79. The first-order valence-corrected chi connectivity index (χ1v) is 10.4. The maximum Gasteiger partial charge on any atom is 0.203 e. The first-order valence-electron chi connectivity index (χ1n) is 10.4. The zero-order valence-electron chi connectivity index (χ0n) is 18.6. The van der Waals surface area contributed by atoms with Crippen LogP contribution in [0.4, 0.5) is 0 Å². The first kappa shape index (κ1) is 23.1. The van der Waals surface area contributed by atoms with Gasteiger partial charge in [-0.3, -0.25) is 4.90 Å². The van der Waals surface area contributed by atoms with E-state index in [1.807, 2.05) is 12.1 Å². The van der Waals surface area contributed by atoms with Crippen LogP contribution in [0.3, 0.4) is 0 Å². The van der Waals surface area contributed by atoms with E-state index < -0.39 is 0 Å². The minimum atomic E-state index is 0.515. The lowest BCUT2D eigenvalue weighted by atomic mass is 10.2. The van der Waals surface area contributed by atoms with E-state index in [0.29, 0.717) is 23.8 Å². The van der Waals surface area contributed by atoms with E-state index in [2.05, 4.69) is 34.3 Å². The van der Waals surface area contributed by atoms with Gasteiger partial charge in [0.2, 0.25) is 5.75 Å². The van der Waals surface area contributed by atoms with Crippen LogP contribution in [0.15, 0.2) is 17.1 Å². The smallest absolute Gasteiger partial charge is 0.203 e. The van der Waals surface area contributed by atoms with Gasteiger partial charge in [0.05, 0.1) is 27.9 Å². The third-order valence-electron chi connectivity index (χ3n) is 5.12. The van der Waals surface area contributed by atoms with Crippen molar-refractivity contribution in [2.45, 2.75) is 20.4 Å². The van der Waals surface area contributed by atoms with Crippen LogP contribution in [0.5, 0.6) is 17.2 Å². The predicted octanol–water partition coefficient (Wildman–Crippen LogP) is 1.41. The number of benzene rings is 1. The summed E-state index contributed by atoms with van der Waals surface area (Å²) in [6.07, 6.45) is 0. The lowest BCUT2D eigenvalue weighted by Gasteiger charge is -2.34. The van der Waals surface area contributed by atoms with Crippen LogP contribution < -0.4 is 24.8 Å². The van der Waals surface area contributed by atoms with Crippen molar-refractivity contribution in [1.82, 2.24) is 20.4 Å². The Morgan fingerprint density at radius 3 is 2.07 bits per heavy atom. The van der Waals surface area contributed by atoms with E-state index in [1.165, 1.54) is 0 Å². The zero-order chi connectivity index (χ0) is 21.1. The van der Waals surface area contributed by atoms with Gasteiger partial charge >= 0.3 is 0 Å². The summed E-state index contributed by atoms with van der Waals surface area (Å²) in [6, 6.07) is 3.86. The molecule has 1 fully saturated rings. The Bertz CT molecular complexity index is 620. The Labute approximate surface area is 175 Å². The van der Waals surface area contributed by atoms with Crippen LogP contribution in [0.25, 0.3) is 0 Å². The number of methoxy groups -OCH3 is 3. The summed E-state index contributed by atoms with van der Waals surface area (Å²) in [7, 11) is 4.85. The minimum absolute atomic E-state index is 0.515. The zero-order valence-corrected chi connectivity index (χ0v) is 18.6. The highest BCUT2D eigenvalue weighted by Gasteiger charge is 2.15. The minimum Gasteiger partial charge on any atom is -0.493 e. The molecule has 1 aliphatic heterocycles. The number of piperazine rings is 1. The van der Waals surface area contributed by atoms with Crippen LogP contribution in [-0.2, 0) is 6.54 Å². The predicted molar refractivity (Wildman–Crippen MR) is 117 cm³/mol. The van der Waals surface area contributed by atoms with Crippen LogP contribution in [0.1, 0.15) is 19.4 Å². The normalized spacial score (nSPS) is 15.8. The van der Waals surface area contributed by atoms with Gasteiger partial charge in [-0.1, -0.05) is 6.92 Å². The Kier molecular flexibility index (Phi) is 9.87. The van der Waals surface area contributed by atoms with Crippen LogP contribution in [0, 0.1) is 0 Å². The molecule has 0 atom stereocenters. The second kappa shape index (κ2) is 12.4. The summed E-state index contributed by atoms with van der Waals surface area (Å²) in [4.78, 5) is 9.71. The van der Waals surface area contributed by atoms with Crippen molar-refractivity contribution < 1.29 is 14.2 Å². The Morgan fingerprint density at radius 2 is 1.55 bits per heavy atom. The van der Waals surface area contributed by atoms with Crippen molar-refractivity contribution in [3.63, 3.8) is 0 Å². The number of rotatable bonds is 10. The van der Waals surface area contributed by atoms with Gasteiger partial charge in [0, 0.05) is 45.8 Å². The van der Waals surface area contributed by atoms with E-state index in [4.69, 9.17) is 19.2 Å². The Hall–Kier alpha value is -2.19. The number of nitrogens with zero attached hydrogens (tertiary/aromatic N) is 3. The van der Waals surface area contributed by atoms with Gasteiger partial charge in [0.1, 0.15) is 0 Å². The van der Waals surface area contributed by atoms with Gasteiger partial charge in [-0.05, 0) is 31.2 Å². The quantitative estimate of drug-likeness (QED) is 0.449. The van der Waals surface area contributed by atoms with Gasteiger partial charge in [0.25, 0.3) is 0 Å². The molecule has 0 unspecified atom stereocenters. The van der Waals surface area contributed by atoms with E-state index >= 15 is 0 Å². The molecule has 0 saturated carbocycles. The van der Waals surface area contributed by atoms with Crippen LogP contribution >= 0.6 is 0 Å². The number of guanidine groups is 1. The summed E-state index contributed by atoms with van der Waals surface area (Å²) in [6.45, 7) is 13.2. The largest absolute Gasteiger partial charge is 0.493 e. The fraction of sp³-hybridized carbons (Fsp3) is 0.667. The fourth-order valence-corrected chi connectivity index (χ4v) is 3.40. The summed E-state index contributed by atoms with van der Waals surface area (Å²) < 4.78 is 16.2. The average molecular weight is 408 g/mol. The van der Waals surface area contributed by atoms with Gasteiger partial charge in [-0.15, -0.1) is 0 Å². The number of aliphatic imine (C=N–C) groups is 1. The molecule has 164 valence electrons. The monoisotopic (exact) mass is 407 g/mol. The van der Waals surface area contributed by atoms with Crippen molar-refractivity contribution in [3.8, 4) is 17.2 Å². The number of likely N-dealkylation sites (N-methyl/N-ethyl adjacent to an activating group) is 1. The fourth-order valence-electron chi connectivity index (χ4n) is 3.40. The maximum atomic E-state index is 5.43. The topological polar surface area (TPSA) is 70.6 Å². The van der Waals surface area contributed by atoms with Gasteiger partial charge < -0.3 is 29.7 Å². The molecule has 2 N–H and O–H groups in total. The molecule has 0 amide bonds. The molecular formula is C21H37N5O3. The molecule has 0 aliphatic carbocycles. The second-order valence-corrected chi connectivity index (χ2v) is 6.93. The van der Waals surface area contributed by atoms with Gasteiger partial charge in [-0.2, -0.15) is 0 Å². The summed E-state index contributed by atoms with van der Waals surface area (Å²) >= 11 is 0. The van der Waals surface area contributed by atoms with Crippen LogP contribution in [-0.4, -0.2) is 89.4 Å². The number of ether oxygens (including phenoxy) is 3. The summed E-state index contributed by atoms with van der Waals surface area (Å²) in [5.41, 5.74) is 0.993. The highest BCUT2D eigenvalue weighted by atomic mass is 16.5. The third kappa shape index (κ3) is 6.97. The lowest BCUT2D eigenvalue weighted by molar-refractivity contribution is 0.139. The molecule has 1 aromatic rings. The number of hydrogen-bond donors (Lipinski definition) is 2. The van der Waals surface area contributed by atoms with E-state index in [0.717, 1.165) is 63.9 Å². The molecule has 29 heavy (non-hydrogen) atoms. The molecule has 1 aliphatic rings. The molecule has 1 aromatic carbocycles. The van der Waals surface area contributed by atoms with E-state index in [9.17, 15) is 0 Å². The highest BCUT2D eigenvalue weighted by Crippen LogP contribution is 2.38. The molecule has 0 radical (unpaired) electrons. The summed E-state index contributed by atoms with van der Waals surface area (Å²) in [5.74, 6) is 2.69. The molecule has 1 saturated heterocycles. The molecular weight excluding hydrogens is 370 g/mol. The van der Waals surface area contributed by atoms with Gasteiger partial charge in [0.15, 0.2) is 17.5 Å². The molecule has 0 spiro atoms. The van der Waals surface area contributed by atoms with Crippen molar-refractivity contribution in [2.24, 2.45) is 4.99 Å². The number of hydrogen-bond acceptors (Lipinski definition) is 6. The van der Waals surface area contributed by atoms with E-state index in [1.54, 1.807) is 21.3 Å². The number of nitrogens with one attached hydrogen (secondary N) is 2. The van der Waals surface area contributed by atoms with Crippen LogP contribution in [0.2, 0.25) is 0 Å². The standard InChI is InChI=1S/C21H37N5O3/c1-6-22-21(23-8-9-26-12-10-25(7-2)11-13-26)24-16-17-14-18(27-3)20(29-5)19(15-17)28-4/h14-15H,6-13,16H2,1-5H3,(H2,22,23,24). The Morgan fingerprint density at radius 1 is 0.931 bits per heavy atom. The molecule has 8 heteroatoms. The third-order valence-corrected chi connectivity index (χ3v) is 5.12. The maximum absolute atomic E-state index is 5.43. The second-order valence-electron chi connectivity index (χ2n) is 6.93. The van der Waals surface area contributed by atoms with Crippen molar-refractivity contribution in [1.29, 1.82) is 0 Å².